The zero-order valence-electron chi connectivity index (χ0n) is 16.4. The predicted molar refractivity (Wildman–Crippen MR) is 107 cm³/mol. The molecule has 3 aromatic rings. The summed E-state index contributed by atoms with van der Waals surface area (Å²) >= 11 is 0. The van der Waals surface area contributed by atoms with Crippen LogP contribution in [0.5, 0.6) is 0 Å². The number of hydrogen-bond acceptors (Lipinski definition) is 4. The highest BCUT2D eigenvalue weighted by Crippen LogP contribution is 2.40. The van der Waals surface area contributed by atoms with Gasteiger partial charge in [-0.3, -0.25) is 4.79 Å². The Hall–Kier alpha value is -2.69. The summed E-state index contributed by atoms with van der Waals surface area (Å²) in [7, 11) is 0. The van der Waals surface area contributed by atoms with E-state index in [4.69, 9.17) is 4.52 Å². The van der Waals surface area contributed by atoms with E-state index in [2.05, 4.69) is 33.7 Å². The zero-order chi connectivity index (χ0) is 19.3. The van der Waals surface area contributed by atoms with Gasteiger partial charge in [0.15, 0.2) is 0 Å². The fourth-order valence-electron chi connectivity index (χ4n) is 4.26. The number of nitrogens with zero attached hydrogens (tertiary/aromatic N) is 2. The molecule has 0 radical (unpaired) electrons. The van der Waals surface area contributed by atoms with Crippen molar-refractivity contribution in [2.45, 2.75) is 64.3 Å². The Labute approximate surface area is 164 Å². The molecule has 1 saturated carbocycles. The zero-order valence-corrected chi connectivity index (χ0v) is 16.4. The smallest absolute Gasteiger partial charge is 0.259 e. The molecule has 1 aromatic carbocycles. The summed E-state index contributed by atoms with van der Waals surface area (Å²) in [5.41, 5.74) is 6.78. The summed E-state index contributed by atoms with van der Waals surface area (Å²) in [6, 6.07) is 8.51. The molecule has 1 N–H and O–H groups in total. The van der Waals surface area contributed by atoms with Gasteiger partial charge in [0.2, 0.25) is 0 Å². The lowest BCUT2D eigenvalue weighted by Gasteiger charge is -2.20. The SMILES string of the molecule is Cc1noc2nc(C3CC3)cc(C(=O)NC(C)c3ccc4c(c3)CCCC4)c12. The van der Waals surface area contributed by atoms with Gasteiger partial charge in [-0.15, -0.1) is 0 Å². The Morgan fingerprint density at radius 1 is 1.18 bits per heavy atom. The molecule has 0 bridgehead atoms. The van der Waals surface area contributed by atoms with E-state index in [1.165, 1.54) is 30.4 Å². The summed E-state index contributed by atoms with van der Waals surface area (Å²) in [4.78, 5) is 17.7. The number of nitrogens with one attached hydrogen (secondary N) is 1. The molecular formula is C23H25N3O2. The number of aryl methyl sites for hydroxylation is 3. The van der Waals surface area contributed by atoms with Gasteiger partial charge >= 0.3 is 0 Å². The van der Waals surface area contributed by atoms with Crippen molar-refractivity contribution in [1.29, 1.82) is 0 Å². The Bertz CT molecular complexity index is 1070. The van der Waals surface area contributed by atoms with Crippen LogP contribution in [0, 0.1) is 6.92 Å². The van der Waals surface area contributed by atoms with Crippen molar-refractivity contribution < 1.29 is 9.32 Å². The van der Waals surface area contributed by atoms with Crippen molar-refractivity contribution in [2.24, 2.45) is 0 Å². The van der Waals surface area contributed by atoms with Crippen LogP contribution < -0.4 is 5.32 Å². The van der Waals surface area contributed by atoms with Crippen molar-refractivity contribution in [3.8, 4) is 0 Å². The molecule has 1 amide bonds. The number of amides is 1. The van der Waals surface area contributed by atoms with Crippen molar-refractivity contribution in [3.63, 3.8) is 0 Å². The minimum absolute atomic E-state index is 0.0625. The highest BCUT2D eigenvalue weighted by molar-refractivity contribution is 6.06. The van der Waals surface area contributed by atoms with E-state index < -0.39 is 0 Å². The van der Waals surface area contributed by atoms with Crippen molar-refractivity contribution in [2.75, 3.05) is 0 Å². The quantitative estimate of drug-likeness (QED) is 0.713. The van der Waals surface area contributed by atoms with Gasteiger partial charge in [0.05, 0.1) is 22.7 Å². The number of benzene rings is 1. The molecule has 1 fully saturated rings. The molecule has 1 unspecified atom stereocenters. The average molecular weight is 375 g/mol. The first-order valence-electron chi connectivity index (χ1n) is 10.3. The predicted octanol–water partition coefficient (Wildman–Crippen LogP) is 4.78. The molecule has 144 valence electrons. The third-order valence-electron chi connectivity index (χ3n) is 6.10. The van der Waals surface area contributed by atoms with Crippen LogP contribution >= 0.6 is 0 Å². The first-order valence-corrected chi connectivity index (χ1v) is 10.3. The minimum atomic E-state index is -0.0918. The van der Waals surface area contributed by atoms with E-state index in [0.717, 1.165) is 35.9 Å². The fourth-order valence-corrected chi connectivity index (χ4v) is 4.26. The first kappa shape index (κ1) is 17.4. The standard InChI is InChI=1S/C23H25N3O2/c1-13(17-10-7-15-5-3-4-6-18(15)11-17)24-22(27)19-12-20(16-8-9-16)25-23-21(19)14(2)26-28-23/h7,10-13,16H,3-6,8-9H2,1-2H3,(H,24,27). The third-order valence-corrected chi connectivity index (χ3v) is 6.10. The number of carbonyl (C=O) groups is 1. The molecule has 0 saturated heterocycles. The van der Waals surface area contributed by atoms with Crippen LogP contribution in [0.3, 0.4) is 0 Å². The Morgan fingerprint density at radius 2 is 1.96 bits per heavy atom. The monoisotopic (exact) mass is 375 g/mol. The topological polar surface area (TPSA) is 68.0 Å². The molecule has 0 aliphatic heterocycles. The highest BCUT2D eigenvalue weighted by Gasteiger charge is 2.29. The second kappa shape index (κ2) is 6.73. The molecule has 2 aliphatic carbocycles. The fraction of sp³-hybridized carbons (Fsp3) is 0.435. The lowest BCUT2D eigenvalue weighted by Crippen LogP contribution is -2.27. The maximum Gasteiger partial charge on any atom is 0.259 e. The number of carbonyl (C=O) groups excluding carboxylic acids is 1. The van der Waals surface area contributed by atoms with Crippen molar-refractivity contribution in [3.05, 3.63) is 57.9 Å². The van der Waals surface area contributed by atoms with E-state index in [1.54, 1.807) is 0 Å². The van der Waals surface area contributed by atoms with E-state index in [1.807, 2.05) is 19.9 Å². The Kier molecular flexibility index (Phi) is 4.18. The van der Waals surface area contributed by atoms with Crippen LogP contribution in [-0.2, 0) is 12.8 Å². The number of fused-ring (bicyclic) bond motifs is 2. The molecule has 5 nitrogen and oxygen atoms in total. The van der Waals surface area contributed by atoms with Crippen LogP contribution in [-0.4, -0.2) is 16.0 Å². The summed E-state index contributed by atoms with van der Waals surface area (Å²) in [5, 5.41) is 7.93. The Balaban J connectivity index is 1.44. The van der Waals surface area contributed by atoms with E-state index in [0.29, 0.717) is 22.9 Å². The van der Waals surface area contributed by atoms with Crippen LogP contribution in [0.25, 0.3) is 11.1 Å². The second-order valence-corrected chi connectivity index (χ2v) is 8.25. The molecule has 2 aromatic heterocycles. The van der Waals surface area contributed by atoms with Crippen molar-refractivity contribution in [1.82, 2.24) is 15.5 Å². The van der Waals surface area contributed by atoms with Crippen LogP contribution in [0.4, 0.5) is 0 Å². The number of pyridine rings is 1. The molecule has 28 heavy (non-hydrogen) atoms. The number of hydrogen-bond donors (Lipinski definition) is 1. The van der Waals surface area contributed by atoms with Gasteiger partial charge < -0.3 is 9.84 Å². The summed E-state index contributed by atoms with van der Waals surface area (Å²) in [5.74, 6) is 0.352. The van der Waals surface area contributed by atoms with Gasteiger partial charge in [-0.05, 0) is 75.1 Å². The van der Waals surface area contributed by atoms with Crippen LogP contribution in [0.1, 0.15) is 83.0 Å². The Morgan fingerprint density at radius 3 is 2.75 bits per heavy atom. The number of aromatic nitrogens is 2. The molecule has 2 aliphatic rings. The van der Waals surface area contributed by atoms with Gasteiger partial charge in [-0.1, -0.05) is 23.4 Å². The molecule has 5 rings (SSSR count). The average Bonchev–Trinajstić information content (AvgIpc) is 3.50. The molecule has 2 heterocycles. The lowest BCUT2D eigenvalue weighted by molar-refractivity contribution is 0.0941. The van der Waals surface area contributed by atoms with Gasteiger partial charge in [0.1, 0.15) is 0 Å². The largest absolute Gasteiger partial charge is 0.345 e. The van der Waals surface area contributed by atoms with E-state index in [9.17, 15) is 4.79 Å². The molecule has 0 spiro atoms. The maximum atomic E-state index is 13.2. The summed E-state index contributed by atoms with van der Waals surface area (Å²) in [6.45, 7) is 3.90. The minimum Gasteiger partial charge on any atom is -0.345 e. The first-order chi connectivity index (χ1) is 13.6. The lowest BCUT2D eigenvalue weighted by atomic mass is 9.89. The van der Waals surface area contributed by atoms with Gasteiger partial charge in [-0.2, -0.15) is 0 Å². The van der Waals surface area contributed by atoms with E-state index in [-0.39, 0.29) is 11.9 Å². The van der Waals surface area contributed by atoms with Crippen molar-refractivity contribution >= 4 is 17.0 Å². The van der Waals surface area contributed by atoms with Crippen LogP contribution in [0.15, 0.2) is 28.8 Å². The molecule has 1 atom stereocenters. The summed E-state index contributed by atoms with van der Waals surface area (Å²) < 4.78 is 5.37. The second-order valence-electron chi connectivity index (χ2n) is 8.25. The maximum absolute atomic E-state index is 13.2. The van der Waals surface area contributed by atoms with Gasteiger partial charge in [0, 0.05) is 11.6 Å². The normalized spacial score (nSPS) is 17.4. The number of rotatable bonds is 4. The molecule has 5 heteroatoms. The molecular weight excluding hydrogens is 350 g/mol. The van der Waals surface area contributed by atoms with Gasteiger partial charge in [0.25, 0.3) is 11.6 Å². The van der Waals surface area contributed by atoms with E-state index >= 15 is 0 Å². The third kappa shape index (κ3) is 3.09. The highest BCUT2D eigenvalue weighted by atomic mass is 16.5. The van der Waals surface area contributed by atoms with Gasteiger partial charge in [-0.25, -0.2) is 4.98 Å². The summed E-state index contributed by atoms with van der Waals surface area (Å²) in [6.07, 6.45) is 7.08. The van der Waals surface area contributed by atoms with Crippen LogP contribution in [0.2, 0.25) is 0 Å².